The minimum absolute atomic E-state index is 0.179. The number of aromatic nitrogens is 4. The van der Waals surface area contributed by atoms with E-state index >= 15 is 8.78 Å². The third-order valence-corrected chi connectivity index (χ3v) is 9.00. The van der Waals surface area contributed by atoms with Gasteiger partial charge in [-0.25, -0.2) is 31.6 Å². The third-order valence-electron chi connectivity index (χ3n) is 7.76. The van der Waals surface area contributed by atoms with Crippen molar-refractivity contribution in [1.82, 2.24) is 24.4 Å². The van der Waals surface area contributed by atoms with E-state index in [9.17, 15) is 17.6 Å². The zero-order chi connectivity index (χ0) is 31.8. The molecular weight excluding hydrogens is 595 g/mol. The first-order valence-corrected chi connectivity index (χ1v) is 15.9. The molecule has 0 bridgehead atoms. The quantitative estimate of drug-likeness (QED) is 0.263. The smallest absolute Gasteiger partial charge is 0.279 e. The summed E-state index contributed by atoms with van der Waals surface area (Å²) in [5.41, 5.74) is -1.43. The van der Waals surface area contributed by atoms with E-state index in [1.807, 2.05) is 4.72 Å². The summed E-state index contributed by atoms with van der Waals surface area (Å²) in [6.07, 6.45) is 5.40. The largest absolute Gasteiger partial charge is 0.351 e. The number of hydrogen-bond donors (Lipinski definition) is 2. The molecule has 0 amide bonds. The zero-order valence-electron chi connectivity index (χ0n) is 24.8. The molecule has 14 heteroatoms. The van der Waals surface area contributed by atoms with Crippen LogP contribution in [0.4, 0.5) is 24.8 Å². The first kappa shape index (κ1) is 31.4. The van der Waals surface area contributed by atoms with Crippen LogP contribution >= 0.6 is 0 Å². The molecule has 2 aromatic carbocycles. The maximum absolute atomic E-state index is 15.4. The van der Waals surface area contributed by atoms with Gasteiger partial charge in [0.15, 0.2) is 5.65 Å². The van der Waals surface area contributed by atoms with Crippen LogP contribution in [0.3, 0.4) is 0 Å². The molecule has 0 radical (unpaired) electrons. The van der Waals surface area contributed by atoms with Crippen molar-refractivity contribution in [2.24, 2.45) is 0 Å². The van der Waals surface area contributed by atoms with Gasteiger partial charge in [-0.15, -0.1) is 0 Å². The van der Waals surface area contributed by atoms with Gasteiger partial charge in [0.1, 0.15) is 28.7 Å². The number of halogens is 3. The summed E-state index contributed by atoms with van der Waals surface area (Å²) in [6.45, 7) is 3.52. The first-order valence-electron chi connectivity index (χ1n) is 14.3. The molecule has 2 N–H and O–H groups in total. The maximum Gasteiger partial charge on any atom is 0.279 e. The minimum Gasteiger partial charge on any atom is -0.351 e. The van der Waals surface area contributed by atoms with Crippen LogP contribution in [0.1, 0.15) is 51.1 Å². The van der Waals surface area contributed by atoms with Crippen LogP contribution in [0.2, 0.25) is 0 Å². The van der Waals surface area contributed by atoms with Crippen LogP contribution < -0.4 is 15.6 Å². The molecule has 2 heterocycles. The van der Waals surface area contributed by atoms with Crippen LogP contribution in [0.15, 0.2) is 47.4 Å². The highest BCUT2D eigenvalue weighted by atomic mass is 32.2. The third kappa shape index (κ3) is 6.86. The molecular formula is C30H34F3N7O3S. The number of fused-ring (bicyclic) bond motifs is 1. The summed E-state index contributed by atoms with van der Waals surface area (Å²) in [7, 11) is -0.0295. The van der Waals surface area contributed by atoms with E-state index < -0.39 is 56.1 Å². The van der Waals surface area contributed by atoms with Crippen LogP contribution in [-0.4, -0.2) is 59.0 Å². The van der Waals surface area contributed by atoms with Gasteiger partial charge in [-0.1, -0.05) is 12.1 Å². The molecule has 1 fully saturated rings. The zero-order valence-corrected chi connectivity index (χ0v) is 25.6. The Labute approximate surface area is 253 Å². The second kappa shape index (κ2) is 12.5. The number of nitrogens with one attached hydrogen (secondary N) is 2. The SMILES string of the molecule is CC(C)n1c(=O)c(-c2cc(F)c(NS(=O)(=O)Cc3ccc(F)cc3)cc2F)nc2cnc(NC3CCC(N(C)C)CC3)nc21. The van der Waals surface area contributed by atoms with Crippen LogP contribution in [-0.2, 0) is 15.8 Å². The van der Waals surface area contributed by atoms with Crippen LogP contribution in [0, 0.1) is 17.5 Å². The summed E-state index contributed by atoms with van der Waals surface area (Å²) in [5, 5.41) is 3.36. The first-order chi connectivity index (χ1) is 20.8. The fourth-order valence-electron chi connectivity index (χ4n) is 5.45. The number of sulfonamides is 1. The Morgan fingerprint density at radius 2 is 1.68 bits per heavy atom. The lowest BCUT2D eigenvalue weighted by Crippen LogP contribution is -2.36. The molecule has 1 saturated carbocycles. The molecule has 0 atom stereocenters. The number of anilines is 2. The predicted molar refractivity (Wildman–Crippen MR) is 163 cm³/mol. The monoisotopic (exact) mass is 629 g/mol. The Morgan fingerprint density at radius 1 is 1.00 bits per heavy atom. The molecule has 0 aliphatic heterocycles. The molecule has 0 unspecified atom stereocenters. The molecule has 0 saturated heterocycles. The average Bonchev–Trinajstić information content (AvgIpc) is 2.95. The van der Waals surface area contributed by atoms with Gasteiger partial charge in [0.25, 0.3) is 5.56 Å². The van der Waals surface area contributed by atoms with E-state index in [-0.39, 0.29) is 28.5 Å². The van der Waals surface area contributed by atoms with E-state index in [0.29, 0.717) is 18.1 Å². The van der Waals surface area contributed by atoms with Gasteiger partial charge < -0.3 is 10.2 Å². The second-order valence-electron chi connectivity index (χ2n) is 11.5. The highest BCUT2D eigenvalue weighted by Gasteiger charge is 2.25. The van der Waals surface area contributed by atoms with Crippen molar-refractivity contribution in [3.63, 3.8) is 0 Å². The van der Waals surface area contributed by atoms with Crippen molar-refractivity contribution in [2.75, 3.05) is 24.1 Å². The molecule has 0 spiro atoms. The van der Waals surface area contributed by atoms with Gasteiger partial charge in [0.05, 0.1) is 17.6 Å². The van der Waals surface area contributed by atoms with Crippen LogP contribution in [0.5, 0.6) is 0 Å². The van der Waals surface area contributed by atoms with Crippen molar-refractivity contribution in [2.45, 2.75) is 63.4 Å². The van der Waals surface area contributed by atoms with Crippen molar-refractivity contribution in [1.29, 1.82) is 0 Å². The highest BCUT2D eigenvalue weighted by molar-refractivity contribution is 7.91. The number of benzene rings is 2. The summed E-state index contributed by atoms with van der Waals surface area (Å²) in [5.74, 6) is -2.94. The highest BCUT2D eigenvalue weighted by Crippen LogP contribution is 2.29. The van der Waals surface area contributed by atoms with Gasteiger partial charge in [0.2, 0.25) is 16.0 Å². The summed E-state index contributed by atoms with van der Waals surface area (Å²) < 4.78 is 72.3. The molecule has 1 aliphatic carbocycles. The lowest BCUT2D eigenvalue weighted by atomic mass is 9.91. The average molecular weight is 630 g/mol. The molecule has 4 aromatic rings. The summed E-state index contributed by atoms with van der Waals surface area (Å²) >= 11 is 0. The van der Waals surface area contributed by atoms with Crippen molar-refractivity contribution < 1.29 is 21.6 Å². The van der Waals surface area contributed by atoms with Gasteiger partial charge in [-0.05, 0) is 77.4 Å². The van der Waals surface area contributed by atoms with Gasteiger partial charge in [-0.2, -0.15) is 4.98 Å². The Bertz CT molecular complexity index is 1840. The van der Waals surface area contributed by atoms with E-state index in [2.05, 4.69) is 39.3 Å². The van der Waals surface area contributed by atoms with Crippen molar-refractivity contribution in [3.05, 3.63) is 76.0 Å². The van der Waals surface area contributed by atoms with Gasteiger partial charge in [-0.3, -0.25) is 14.1 Å². The van der Waals surface area contributed by atoms with E-state index in [0.717, 1.165) is 43.9 Å². The molecule has 1 aliphatic rings. The van der Waals surface area contributed by atoms with Gasteiger partial charge >= 0.3 is 0 Å². The number of hydrogen-bond acceptors (Lipinski definition) is 8. The fraction of sp³-hybridized carbons (Fsp3) is 0.400. The van der Waals surface area contributed by atoms with Crippen molar-refractivity contribution in [3.8, 4) is 11.3 Å². The number of rotatable bonds is 9. The van der Waals surface area contributed by atoms with Crippen molar-refractivity contribution >= 4 is 32.8 Å². The molecule has 2 aromatic heterocycles. The minimum atomic E-state index is -4.18. The molecule has 5 rings (SSSR count). The van der Waals surface area contributed by atoms with E-state index in [1.165, 1.54) is 22.9 Å². The lowest BCUT2D eigenvalue weighted by molar-refractivity contribution is 0.221. The van der Waals surface area contributed by atoms with E-state index in [4.69, 9.17) is 0 Å². The second-order valence-corrected chi connectivity index (χ2v) is 13.3. The standard InChI is InChI=1S/C30H34F3N7O3S/c1-17(2)40-28-26(15-34-30(37-28)35-20-9-11-21(12-10-20)39(3)4)36-27(29(40)41)22-13-24(33)25(14-23(22)32)38-44(42,43)16-18-5-7-19(31)8-6-18/h5-8,13-15,17,20-21,38H,9-12,16H2,1-4H3,(H,34,35,37). The topological polar surface area (TPSA) is 122 Å². The lowest BCUT2D eigenvalue weighted by Gasteiger charge is -2.32. The number of nitrogens with zero attached hydrogens (tertiary/aromatic N) is 5. The molecule has 234 valence electrons. The van der Waals surface area contributed by atoms with E-state index in [1.54, 1.807) is 13.8 Å². The summed E-state index contributed by atoms with van der Waals surface area (Å²) in [6, 6.07) is 6.44. The Hall–Kier alpha value is -4.04. The molecule has 10 nitrogen and oxygen atoms in total. The van der Waals surface area contributed by atoms with Crippen LogP contribution in [0.25, 0.3) is 22.4 Å². The molecule has 44 heavy (non-hydrogen) atoms. The Morgan fingerprint density at radius 3 is 2.32 bits per heavy atom. The normalized spacial score (nSPS) is 17.4. The van der Waals surface area contributed by atoms with Gasteiger partial charge in [0, 0.05) is 29.8 Å². The fourth-order valence-corrected chi connectivity index (χ4v) is 6.65. The predicted octanol–water partition coefficient (Wildman–Crippen LogP) is 5.08. The Kier molecular flexibility index (Phi) is 8.93. The maximum atomic E-state index is 15.4. The Balaban J connectivity index is 1.44. The summed E-state index contributed by atoms with van der Waals surface area (Å²) in [4.78, 5) is 29.1.